The lowest BCUT2D eigenvalue weighted by Crippen LogP contribution is -2.33. The minimum atomic E-state index is -5.99. The van der Waals surface area contributed by atoms with E-state index in [2.05, 4.69) is 0 Å². The molecule has 1 aromatic rings. The van der Waals surface area contributed by atoms with Crippen LogP contribution in [0, 0.1) is 16.0 Å². The highest BCUT2D eigenvalue weighted by atomic mass is 19.4. The molecule has 0 aliphatic carbocycles. The van der Waals surface area contributed by atoms with E-state index in [1.54, 1.807) is 0 Å². The Balaban J connectivity index is 3.58. The number of ketones is 2. The Morgan fingerprint density at radius 2 is 1.79 bits per heavy atom. The SMILES string of the molecule is CCOC=C(C(=O)c1ccc(C(F)(F)C(F)(F)F)cc1[N+](=O)[O-])C(=O)C(C)C. The van der Waals surface area contributed by atoms with E-state index in [4.69, 9.17) is 4.74 Å². The molecule has 0 aliphatic heterocycles. The Kier molecular flexibility index (Phi) is 6.99. The summed E-state index contributed by atoms with van der Waals surface area (Å²) in [7, 11) is 0. The normalized spacial score (nSPS) is 12.8. The zero-order chi connectivity index (χ0) is 21.9. The zero-order valence-corrected chi connectivity index (χ0v) is 15.0. The molecular weight excluding hydrogens is 393 g/mol. The van der Waals surface area contributed by atoms with Gasteiger partial charge < -0.3 is 4.74 Å². The van der Waals surface area contributed by atoms with Gasteiger partial charge in [0, 0.05) is 17.5 Å². The number of benzene rings is 1. The summed E-state index contributed by atoms with van der Waals surface area (Å²) in [5.41, 5.74) is -4.39. The topological polar surface area (TPSA) is 86.5 Å². The van der Waals surface area contributed by atoms with Crippen molar-refractivity contribution in [2.75, 3.05) is 6.61 Å². The molecule has 0 saturated heterocycles. The van der Waals surface area contributed by atoms with E-state index in [1.165, 1.54) is 20.8 Å². The molecule has 1 aromatic carbocycles. The predicted octanol–water partition coefficient (Wildman–Crippen LogP) is 4.58. The molecule has 0 amide bonds. The molecule has 0 aromatic heterocycles. The van der Waals surface area contributed by atoms with Gasteiger partial charge in [-0.3, -0.25) is 19.7 Å². The maximum atomic E-state index is 13.5. The molecule has 0 bridgehead atoms. The van der Waals surface area contributed by atoms with Crippen molar-refractivity contribution in [2.45, 2.75) is 32.9 Å². The second kappa shape index (κ2) is 8.44. The highest BCUT2D eigenvalue weighted by Crippen LogP contribution is 2.45. The minimum absolute atomic E-state index is 0.0289. The fourth-order valence-electron chi connectivity index (χ4n) is 2.08. The van der Waals surface area contributed by atoms with Crippen LogP contribution in [-0.4, -0.2) is 29.3 Å². The predicted molar refractivity (Wildman–Crippen MR) is 86.9 cm³/mol. The summed E-state index contributed by atoms with van der Waals surface area (Å²) in [5.74, 6) is -8.03. The molecule has 0 unspecified atom stereocenters. The second-order valence-corrected chi connectivity index (χ2v) is 5.90. The van der Waals surface area contributed by atoms with Crippen molar-refractivity contribution in [3.8, 4) is 0 Å². The lowest BCUT2D eigenvalue weighted by molar-refractivity contribution is -0.385. The van der Waals surface area contributed by atoms with Gasteiger partial charge in [-0.25, -0.2) is 0 Å². The molecular formula is C17H16F5NO5. The number of halogens is 5. The van der Waals surface area contributed by atoms with E-state index in [0.717, 1.165) is 6.26 Å². The second-order valence-electron chi connectivity index (χ2n) is 5.90. The third-order valence-corrected chi connectivity index (χ3v) is 3.56. The molecule has 0 aliphatic rings. The molecule has 0 atom stereocenters. The average Bonchev–Trinajstić information content (AvgIpc) is 2.59. The summed E-state index contributed by atoms with van der Waals surface area (Å²) < 4.78 is 69.4. The molecule has 0 heterocycles. The van der Waals surface area contributed by atoms with E-state index >= 15 is 0 Å². The molecule has 28 heavy (non-hydrogen) atoms. The molecule has 1 rings (SSSR count). The first-order valence-corrected chi connectivity index (χ1v) is 7.89. The van der Waals surface area contributed by atoms with Crippen LogP contribution in [0.3, 0.4) is 0 Å². The Morgan fingerprint density at radius 3 is 2.21 bits per heavy atom. The number of ether oxygens (including phenoxy) is 1. The van der Waals surface area contributed by atoms with Crippen LogP contribution in [-0.2, 0) is 15.5 Å². The number of nitrogens with zero attached hydrogens (tertiary/aromatic N) is 1. The van der Waals surface area contributed by atoms with Crippen molar-refractivity contribution in [1.82, 2.24) is 0 Å². The van der Waals surface area contributed by atoms with Crippen molar-refractivity contribution < 1.29 is 41.2 Å². The van der Waals surface area contributed by atoms with Gasteiger partial charge >= 0.3 is 12.1 Å². The Hall–Kier alpha value is -2.85. The maximum absolute atomic E-state index is 13.5. The summed E-state index contributed by atoms with van der Waals surface area (Å²) in [4.78, 5) is 34.7. The number of allylic oxidation sites excluding steroid dienone is 1. The van der Waals surface area contributed by atoms with Crippen LogP contribution < -0.4 is 0 Å². The minimum Gasteiger partial charge on any atom is -0.501 e. The summed E-state index contributed by atoms with van der Waals surface area (Å²) >= 11 is 0. The Morgan fingerprint density at radius 1 is 1.21 bits per heavy atom. The van der Waals surface area contributed by atoms with Crippen LogP contribution in [0.2, 0.25) is 0 Å². The fraction of sp³-hybridized carbons (Fsp3) is 0.412. The highest BCUT2D eigenvalue weighted by molar-refractivity contribution is 6.27. The molecule has 154 valence electrons. The Bertz CT molecular complexity index is 815. The van der Waals surface area contributed by atoms with Gasteiger partial charge in [0.25, 0.3) is 5.69 Å². The number of carbonyl (C=O) groups excluding carboxylic acids is 2. The largest absolute Gasteiger partial charge is 0.501 e. The maximum Gasteiger partial charge on any atom is 0.458 e. The summed E-state index contributed by atoms with van der Waals surface area (Å²) in [5, 5.41) is 11.2. The van der Waals surface area contributed by atoms with Crippen molar-refractivity contribution in [3.63, 3.8) is 0 Å². The fourth-order valence-corrected chi connectivity index (χ4v) is 2.08. The third-order valence-electron chi connectivity index (χ3n) is 3.56. The number of carbonyl (C=O) groups is 2. The molecule has 0 radical (unpaired) electrons. The monoisotopic (exact) mass is 409 g/mol. The number of hydrogen-bond donors (Lipinski definition) is 0. The van der Waals surface area contributed by atoms with E-state index < -0.39 is 56.9 Å². The standard InChI is InChI=1S/C17H16F5NO5/c1-4-28-8-12(14(24)9(2)3)15(25)11-6-5-10(7-13(11)23(26)27)16(18,19)17(20,21)22/h5-9H,4H2,1-3H3. The first kappa shape index (κ1) is 23.2. The van der Waals surface area contributed by atoms with E-state index in [1.807, 2.05) is 0 Å². The number of nitro benzene ring substituents is 1. The zero-order valence-electron chi connectivity index (χ0n) is 15.0. The van der Waals surface area contributed by atoms with Crippen molar-refractivity contribution in [2.24, 2.45) is 5.92 Å². The Labute approximate surface area is 156 Å². The van der Waals surface area contributed by atoms with Gasteiger partial charge in [-0.2, -0.15) is 22.0 Å². The molecule has 0 fully saturated rings. The lowest BCUT2D eigenvalue weighted by atomic mass is 9.93. The van der Waals surface area contributed by atoms with Gasteiger partial charge in [0.05, 0.1) is 17.8 Å². The van der Waals surface area contributed by atoms with Crippen LogP contribution in [0.5, 0.6) is 0 Å². The molecule has 11 heteroatoms. The van der Waals surface area contributed by atoms with Crippen LogP contribution >= 0.6 is 0 Å². The van der Waals surface area contributed by atoms with Gasteiger partial charge in [0.2, 0.25) is 5.78 Å². The van der Waals surface area contributed by atoms with Gasteiger partial charge in [-0.1, -0.05) is 19.9 Å². The average molecular weight is 409 g/mol. The van der Waals surface area contributed by atoms with Crippen LogP contribution in [0.15, 0.2) is 30.0 Å². The molecule has 6 nitrogen and oxygen atoms in total. The first-order chi connectivity index (χ1) is 12.8. The summed E-state index contributed by atoms with van der Waals surface area (Å²) in [6.07, 6.45) is -5.20. The van der Waals surface area contributed by atoms with Gasteiger partial charge in [-0.05, 0) is 13.0 Å². The molecule has 0 spiro atoms. The highest BCUT2D eigenvalue weighted by Gasteiger charge is 2.59. The quantitative estimate of drug-likeness (QED) is 0.0917. The number of Topliss-reactive ketones (excluding diaryl/α,β-unsaturated/α-hetero) is 2. The number of nitro groups is 1. The molecule has 0 saturated carbocycles. The summed E-state index contributed by atoms with van der Waals surface area (Å²) in [6.45, 7) is 4.48. The summed E-state index contributed by atoms with van der Waals surface area (Å²) in [6, 6.07) is 0.688. The van der Waals surface area contributed by atoms with E-state index in [9.17, 15) is 41.7 Å². The van der Waals surface area contributed by atoms with Crippen molar-refractivity contribution in [1.29, 1.82) is 0 Å². The van der Waals surface area contributed by atoms with Crippen LogP contribution in [0.1, 0.15) is 36.7 Å². The smallest absolute Gasteiger partial charge is 0.458 e. The van der Waals surface area contributed by atoms with E-state index in [-0.39, 0.29) is 18.7 Å². The van der Waals surface area contributed by atoms with Crippen molar-refractivity contribution in [3.05, 3.63) is 51.3 Å². The lowest BCUT2D eigenvalue weighted by Gasteiger charge is -2.20. The number of alkyl halides is 5. The van der Waals surface area contributed by atoms with Crippen LogP contribution in [0.4, 0.5) is 27.6 Å². The number of rotatable bonds is 8. The number of hydrogen-bond acceptors (Lipinski definition) is 5. The van der Waals surface area contributed by atoms with Gasteiger partial charge in [0.15, 0.2) is 5.78 Å². The van der Waals surface area contributed by atoms with Crippen molar-refractivity contribution >= 4 is 17.3 Å². The van der Waals surface area contributed by atoms with Gasteiger partial charge in [-0.15, -0.1) is 0 Å². The molecule has 0 N–H and O–H groups in total. The third kappa shape index (κ3) is 4.70. The van der Waals surface area contributed by atoms with E-state index in [0.29, 0.717) is 6.07 Å². The van der Waals surface area contributed by atoms with Crippen LogP contribution in [0.25, 0.3) is 0 Å². The van der Waals surface area contributed by atoms with Gasteiger partial charge in [0.1, 0.15) is 11.1 Å². The first-order valence-electron chi connectivity index (χ1n) is 7.89.